The van der Waals surface area contributed by atoms with Gasteiger partial charge in [0.1, 0.15) is 12.2 Å². The van der Waals surface area contributed by atoms with Crippen molar-refractivity contribution < 1.29 is 5.11 Å². The second-order valence-electron chi connectivity index (χ2n) is 3.37. The van der Waals surface area contributed by atoms with Crippen molar-refractivity contribution in [2.75, 3.05) is 0 Å². The number of rotatable bonds is 3. The molecule has 86 valence electrons. The topological polar surface area (TPSA) is 74.7 Å². The first-order valence-electron chi connectivity index (χ1n) is 4.92. The Morgan fingerprint density at radius 3 is 2.65 bits per heavy atom. The molecule has 0 spiro atoms. The van der Waals surface area contributed by atoms with Gasteiger partial charge in [0.15, 0.2) is 0 Å². The Kier molecular flexibility index (Phi) is 3.52. The fourth-order valence-electron chi connectivity index (χ4n) is 1.56. The molecule has 1 heterocycles. The standard InChI is InChI=1S/C11H9BrN4O/c12-9-3-1-8(2-4-9)11-10(7-17)14-15-16(11)6-5-13/h1-4,17H,6-7H2. The summed E-state index contributed by atoms with van der Waals surface area (Å²) in [5, 5.41) is 25.6. The molecule has 0 bridgehead atoms. The molecule has 6 heteroatoms. The van der Waals surface area contributed by atoms with E-state index in [0.29, 0.717) is 11.4 Å². The van der Waals surface area contributed by atoms with E-state index in [9.17, 15) is 5.11 Å². The summed E-state index contributed by atoms with van der Waals surface area (Å²) in [4.78, 5) is 0. The molecule has 0 saturated heterocycles. The smallest absolute Gasteiger partial charge is 0.130 e. The third-order valence-electron chi connectivity index (χ3n) is 2.29. The lowest BCUT2D eigenvalue weighted by atomic mass is 10.1. The molecule has 17 heavy (non-hydrogen) atoms. The van der Waals surface area contributed by atoms with Crippen LogP contribution >= 0.6 is 15.9 Å². The third kappa shape index (κ3) is 2.35. The fraction of sp³-hybridized carbons (Fsp3) is 0.182. The average Bonchev–Trinajstić information content (AvgIpc) is 2.74. The van der Waals surface area contributed by atoms with Gasteiger partial charge in [-0.25, -0.2) is 4.68 Å². The highest BCUT2D eigenvalue weighted by atomic mass is 79.9. The lowest BCUT2D eigenvalue weighted by Crippen LogP contribution is -2.01. The van der Waals surface area contributed by atoms with E-state index in [1.54, 1.807) is 0 Å². The van der Waals surface area contributed by atoms with Crippen LogP contribution in [0.25, 0.3) is 11.3 Å². The summed E-state index contributed by atoms with van der Waals surface area (Å²) in [6.07, 6.45) is 0. The van der Waals surface area contributed by atoms with Gasteiger partial charge in [0, 0.05) is 10.0 Å². The summed E-state index contributed by atoms with van der Waals surface area (Å²) < 4.78 is 2.44. The van der Waals surface area contributed by atoms with Crippen molar-refractivity contribution in [3.63, 3.8) is 0 Å². The van der Waals surface area contributed by atoms with E-state index in [1.165, 1.54) is 4.68 Å². The molecule has 5 nitrogen and oxygen atoms in total. The predicted octanol–water partition coefficient (Wildman–Crippen LogP) is 1.72. The SMILES string of the molecule is N#CCn1nnc(CO)c1-c1ccc(Br)cc1. The highest BCUT2D eigenvalue weighted by molar-refractivity contribution is 9.10. The van der Waals surface area contributed by atoms with E-state index in [1.807, 2.05) is 30.3 Å². The summed E-state index contributed by atoms with van der Waals surface area (Å²) >= 11 is 3.35. The van der Waals surface area contributed by atoms with E-state index in [4.69, 9.17) is 5.26 Å². The van der Waals surface area contributed by atoms with Gasteiger partial charge in [-0.2, -0.15) is 5.26 Å². The van der Waals surface area contributed by atoms with E-state index >= 15 is 0 Å². The maximum Gasteiger partial charge on any atom is 0.130 e. The first-order valence-corrected chi connectivity index (χ1v) is 5.71. The number of aromatic nitrogens is 3. The first-order chi connectivity index (χ1) is 8.26. The van der Waals surface area contributed by atoms with E-state index in [2.05, 4.69) is 26.2 Å². The third-order valence-corrected chi connectivity index (χ3v) is 2.82. The summed E-state index contributed by atoms with van der Waals surface area (Å²) in [6, 6.07) is 9.56. The lowest BCUT2D eigenvalue weighted by Gasteiger charge is -2.04. The number of halogens is 1. The van der Waals surface area contributed by atoms with Crippen LogP contribution in [0.5, 0.6) is 0 Å². The van der Waals surface area contributed by atoms with Gasteiger partial charge in [0.2, 0.25) is 0 Å². The number of aliphatic hydroxyl groups excluding tert-OH is 1. The average molecular weight is 293 g/mol. The molecule has 0 unspecified atom stereocenters. The molecule has 2 rings (SSSR count). The summed E-state index contributed by atoms with van der Waals surface area (Å²) in [6.45, 7) is -0.0881. The number of hydrogen-bond acceptors (Lipinski definition) is 4. The van der Waals surface area contributed by atoms with Crippen LogP contribution in [0.3, 0.4) is 0 Å². The van der Waals surface area contributed by atoms with Crippen LogP contribution in [0.15, 0.2) is 28.7 Å². The molecule has 0 aliphatic rings. The van der Waals surface area contributed by atoms with Crippen LogP contribution in [0.4, 0.5) is 0 Å². The van der Waals surface area contributed by atoms with Crippen LogP contribution in [-0.2, 0) is 13.2 Å². The number of nitriles is 1. The Morgan fingerprint density at radius 2 is 2.06 bits per heavy atom. The monoisotopic (exact) mass is 292 g/mol. The van der Waals surface area contributed by atoms with Crippen LogP contribution in [0.1, 0.15) is 5.69 Å². The van der Waals surface area contributed by atoms with Crippen LogP contribution < -0.4 is 0 Å². The molecule has 0 fully saturated rings. The minimum atomic E-state index is -0.198. The van der Waals surface area contributed by atoms with Crippen molar-refractivity contribution >= 4 is 15.9 Å². The minimum Gasteiger partial charge on any atom is -0.390 e. The quantitative estimate of drug-likeness (QED) is 0.935. The lowest BCUT2D eigenvalue weighted by molar-refractivity contribution is 0.277. The maximum absolute atomic E-state index is 9.21. The zero-order valence-electron chi connectivity index (χ0n) is 8.84. The second kappa shape index (κ2) is 5.08. The fourth-order valence-corrected chi connectivity index (χ4v) is 1.82. The Morgan fingerprint density at radius 1 is 1.35 bits per heavy atom. The van der Waals surface area contributed by atoms with Crippen molar-refractivity contribution in [2.24, 2.45) is 0 Å². The molecule has 0 radical (unpaired) electrons. The van der Waals surface area contributed by atoms with Gasteiger partial charge in [-0.1, -0.05) is 33.3 Å². The van der Waals surface area contributed by atoms with Crippen molar-refractivity contribution in [3.8, 4) is 17.3 Å². The Labute approximate surface area is 106 Å². The molecule has 0 aliphatic carbocycles. The highest BCUT2D eigenvalue weighted by Gasteiger charge is 2.13. The van der Waals surface area contributed by atoms with Gasteiger partial charge < -0.3 is 5.11 Å². The normalized spacial score (nSPS) is 10.2. The summed E-state index contributed by atoms with van der Waals surface area (Å²) in [5.41, 5.74) is 2.03. The van der Waals surface area contributed by atoms with Crippen LogP contribution in [0.2, 0.25) is 0 Å². The van der Waals surface area contributed by atoms with E-state index in [0.717, 1.165) is 10.0 Å². The van der Waals surface area contributed by atoms with Gasteiger partial charge in [0.05, 0.1) is 18.4 Å². The molecule has 2 aromatic rings. The largest absolute Gasteiger partial charge is 0.390 e. The first kappa shape index (κ1) is 11.8. The second-order valence-corrected chi connectivity index (χ2v) is 4.28. The van der Waals surface area contributed by atoms with E-state index < -0.39 is 0 Å². The van der Waals surface area contributed by atoms with Crippen molar-refractivity contribution in [2.45, 2.75) is 13.2 Å². The molecular weight excluding hydrogens is 284 g/mol. The van der Waals surface area contributed by atoms with Gasteiger partial charge in [0.25, 0.3) is 0 Å². The summed E-state index contributed by atoms with van der Waals surface area (Å²) in [5.74, 6) is 0. The highest BCUT2D eigenvalue weighted by Crippen LogP contribution is 2.24. The van der Waals surface area contributed by atoms with Crippen molar-refractivity contribution in [3.05, 3.63) is 34.4 Å². The summed E-state index contributed by atoms with van der Waals surface area (Å²) in [7, 11) is 0. The molecule has 1 aromatic heterocycles. The molecule has 1 aromatic carbocycles. The van der Waals surface area contributed by atoms with Crippen molar-refractivity contribution in [1.29, 1.82) is 5.26 Å². The number of hydrogen-bond donors (Lipinski definition) is 1. The molecule has 0 saturated carbocycles. The zero-order chi connectivity index (χ0) is 12.3. The Hall–Kier alpha value is -1.71. The molecule has 0 atom stereocenters. The Bertz CT molecular complexity index is 556. The van der Waals surface area contributed by atoms with Gasteiger partial charge in [-0.15, -0.1) is 5.10 Å². The minimum absolute atomic E-state index is 0.110. The number of nitrogens with zero attached hydrogens (tertiary/aromatic N) is 4. The number of aliphatic hydroxyl groups is 1. The van der Waals surface area contributed by atoms with E-state index in [-0.39, 0.29) is 13.2 Å². The van der Waals surface area contributed by atoms with Crippen molar-refractivity contribution in [1.82, 2.24) is 15.0 Å². The molecule has 0 amide bonds. The van der Waals surface area contributed by atoms with Gasteiger partial charge in [-0.3, -0.25) is 0 Å². The predicted molar refractivity (Wildman–Crippen MR) is 64.7 cm³/mol. The number of benzene rings is 1. The van der Waals surface area contributed by atoms with Gasteiger partial charge >= 0.3 is 0 Å². The Balaban J connectivity index is 2.52. The molecular formula is C11H9BrN4O. The van der Waals surface area contributed by atoms with Crippen LogP contribution in [0, 0.1) is 11.3 Å². The van der Waals surface area contributed by atoms with Crippen LogP contribution in [-0.4, -0.2) is 20.1 Å². The van der Waals surface area contributed by atoms with Gasteiger partial charge in [-0.05, 0) is 12.1 Å². The zero-order valence-corrected chi connectivity index (χ0v) is 10.4. The molecule has 1 N–H and O–H groups in total. The maximum atomic E-state index is 9.21. The molecule has 0 aliphatic heterocycles.